The monoisotopic (exact) mass is 518 g/mol. The van der Waals surface area contributed by atoms with Crippen molar-refractivity contribution in [1.82, 2.24) is 29.9 Å². The number of amides is 2. The van der Waals surface area contributed by atoms with E-state index in [1.165, 1.54) is 19.4 Å². The minimum absolute atomic E-state index is 0.0436. The molecular formula is C22H21F3N8O4. The predicted octanol–water partition coefficient (Wildman–Crippen LogP) is 3.17. The number of carbonyl (C=O) groups is 2. The van der Waals surface area contributed by atoms with Gasteiger partial charge in [-0.3, -0.25) is 14.9 Å². The molecule has 0 saturated carbocycles. The predicted molar refractivity (Wildman–Crippen MR) is 124 cm³/mol. The Kier molecular flexibility index (Phi) is 6.23. The van der Waals surface area contributed by atoms with Crippen molar-refractivity contribution in [3.63, 3.8) is 0 Å². The van der Waals surface area contributed by atoms with Crippen molar-refractivity contribution in [1.29, 1.82) is 0 Å². The summed E-state index contributed by atoms with van der Waals surface area (Å²) in [6.45, 7) is 5.35. The van der Waals surface area contributed by atoms with Crippen LogP contribution in [0.4, 0.5) is 25.0 Å². The van der Waals surface area contributed by atoms with Gasteiger partial charge in [-0.2, -0.15) is 23.3 Å². The van der Waals surface area contributed by atoms with Gasteiger partial charge in [0.1, 0.15) is 23.7 Å². The van der Waals surface area contributed by atoms with Gasteiger partial charge in [-0.1, -0.05) is 0 Å². The lowest BCUT2D eigenvalue weighted by Gasteiger charge is -2.19. The lowest BCUT2D eigenvalue weighted by atomic mass is 10.1. The fourth-order valence-electron chi connectivity index (χ4n) is 3.41. The van der Waals surface area contributed by atoms with Gasteiger partial charge in [0.15, 0.2) is 11.5 Å². The molecule has 0 bridgehead atoms. The van der Waals surface area contributed by atoms with E-state index in [2.05, 4.69) is 30.7 Å². The number of pyridine rings is 1. The molecule has 2 amide bonds. The number of anilines is 2. The van der Waals surface area contributed by atoms with Gasteiger partial charge in [-0.05, 0) is 32.9 Å². The largest absolute Gasteiger partial charge is 0.480 e. The molecule has 12 nitrogen and oxygen atoms in total. The number of halogens is 3. The normalized spacial score (nSPS) is 12.0. The van der Waals surface area contributed by atoms with Crippen molar-refractivity contribution in [3.8, 4) is 17.1 Å². The Balaban J connectivity index is 1.70. The number of nitrogens with zero attached hydrogens (tertiary/aromatic N) is 5. The maximum atomic E-state index is 13.7. The Morgan fingerprint density at radius 2 is 1.86 bits per heavy atom. The molecule has 0 atom stereocenters. The van der Waals surface area contributed by atoms with Crippen LogP contribution in [0.2, 0.25) is 0 Å². The maximum absolute atomic E-state index is 13.7. The van der Waals surface area contributed by atoms with Gasteiger partial charge in [0.2, 0.25) is 5.88 Å². The molecule has 4 aromatic rings. The van der Waals surface area contributed by atoms with Crippen LogP contribution in [0.3, 0.4) is 0 Å². The number of oxazole rings is 1. The van der Waals surface area contributed by atoms with E-state index in [-0.39, 0.29) is 40.2 Å². The first-order valence-corrected chi connectivity index (χ1v) is 10.6. The number of nitrogen functional groups attached to an aromatic ring is 1. The summed E-state index contributed by atoms with van der Waals surface area (Å²) in [5, 5.41) is 8.96. The van der Waals surface area contributed by atoms with Crippen molar-refractivity contribution in [3.05, 3.63) is 47.7 Å². The maximum Gasteiger partial charge on any atom is 0.418 e. The summed E-state index contributed by atoms with van der Waals surface area (Å²) in [6, 6.07) is 1.81. The number of aromatic nitrogens is 5. The van der Waals surface area contributed by atoms with Gasteiger partial charge >= 0.3 is 12.2 Å². The van der Waals surface area contributed by atoms with Gasteiger partial charge < -0.3 is 20.2 Å². The molecule has 0 unspecified atom stereocenters. The lowest BCUT2D eigenvalue weighted by Crippen LogP contribution is -2.40. The number of ether oxygens (including phenoxy) is 1. The third kappa shape index (κ3) is 5.14. The Morgan fingerprint density at radius 1 is 1.14 bits per heavy atom. The van der Waals surface area contributed by atoms with Crippen LogP contribution in [0.15, 0.2) is 35.3 Å². The van der Waals surface area contributed by atoms with Gasteiger partial charge in [0, 0.05) is 17.3 Å². The number of rotatable bonds is 5. The number of fused-ring (bicyclic) bond motifs is 1. The number of hydrogen-bond acceptors (Lipinski definition) is 9. The second kappa shape index (κ2) is 9.07. The zero-order chi connectivity index (χ0) is 27.1. The van der Waals surface area contributed by atoms with Crippen LogP contribution >= 0.6 is 0 Å². The van der Waals surface area contributed by atoms with Crippen molar-refractivity contribution in [2.24, 2.45) is 0 Å². The molecule has 4 heterocycles. The fraction of sp³-hybridized carbons (Fsp3) is 0.273. The summed E-state index contributed by atoms with van der Waals surface area (Å²) in [7, 11) is 1.27. The highest BCUT2D eigenvalue weighted by Crippen LogP contribution is 2.39. The van der Waals surface area contributed by atoms with E-state index in [9.17, 15) is 22.8 Å². The Morgan fingerprint density at radius 3 is 2.51 bits per heavy atom. The Bertz CT molecular complexity index is 1500. The molecule has 194 valence electrons. The zero-order valence-corrected chi connectivity index (χ0v) is 20.0. The quantitative estimate of drug-likeness (QED) is 0.360. The summed E-state index contributed by atoms with van der Waals surface area (Å²) < 4.78 is 52.3. The highest BCUT2D eigenvalue weighted by molar-refractivity contribution is 6.05. The SMILES string of the molecule is COc1ncc(-c2cc(C(F)(F)F)c3c(N)ncnn23)cc1C(=O)Nc1nc(C(=O)NC(C)(C)C)co1. The Labute approximate surface area is 207 Å². The minimum Gasteiger partial charge on any atom is -0.480 e. The van der Waals surface area contributed by atoms with E-state index in [4.69, 9.17) is 14.9 Å². The third-order valence-electron chi connectivity index (χ3n) is 4.92. The van der Waals surface area contributed by atoms with Crippen LogP contribution in [-0.4, -0.2) is 49.0 Å². The summed E-state index contributed by atoms with van der Waals surface area (Å²) in [5.41, 5.74) is 3.52. The van der Waals surface area contributed by atoms with Crippen LogP contribution in [-0.2, 0) is 6.18 Å². The molecule has 0 radical (unpaired) electrons. The highest BCUT2D eigenvalue weighted by Gasteiger charge is 2.36. The van der Waals surface area contributed by atoms with E-state index >= 15 is 0 Å². The van der Waals surface area contributed by atoms with E-state index in [1.807, 2.05) is 0 Å². The van der Waals surface area contributed by atoms with Crippen LogP contribution in [0.1, 0.15) is 47.2 Å². The van der Waals surface area contributed by atoms with Gasteiger partial charge in [0.05, 0.1) is 18.4 Å². The van der Waals surface area contributed by atoms with Crippen molar-refractivity contribution < 1.29 is 31.9 Å². The highest BCUT2D eigenvalue weighted by atomic mass is 19.4. The average Bonchev–Trinajstić information content (AvgIpc) is 3.43. The number of alkyl halides is 3. The van der Waals surface area contributed by atoms with E-state index in [0.717, 1.165) is 23.2 Å². The topological polar surface area (TPSA) is 163 Å². The number of methoxy groups -OCH3 is 1. The molecule has 0 saturated heterocycles. The van der Waals surface area contributed by atoms with Gasteiger partial charge in [0.25, 0.3) is 11.8 Å². The molecule has 0 spiro atoms. The second-order valence-electron chi connectivity index (χ2n) is 8.82. The zero-order valence-electron chi connectivity index (χ0n) is 20.0. The molecule has 4 aromatic heterocycles. The van der Waals surface area contributed by atoms with Crippen molar-refractivity contribution in [2.75, 3.05) is 18.2 Å². The summed E-state index contributed by atoms with van der Waals surface area (Å²) >= 11 is 0. The molecule has 4 rings (SSSR count). The fourth-order valence-corrected chi connectivity index (χ4v) is 3.41. The van der Waals surface area contributed by atoms with E-state index in [0.29, 0.717) is 0 Å². The molecular weight excluding hydrogens is 497 g/mol. The molecule has 0 aliphatic carbocycles. The number of hydrogen-bond donors (Lipinski definition) is 3. The van der Waals surface area contributed by atoms with Crippen LogP contribution in [0.5, 0.6) is 5.88 Å². The summed E-state index contributed by atoms with van der Waals surface area (Å²) in [4.78, 5) is 36.9. The molecule has 0 aromatic carbocycles. The molecule has 0 fully saturated rings. The first-order valence-electron chi connectivity index (χ1n) is 10.6. The van der Waals surface area contributed by atoms with Gasteiger partial charge in [-0.25, -0.2) is 14.5 Å². The molecule has 15 heteroatoms. The minimum atomic E-state index is -4.75. The van der Waals surface area contributed by atoms with Crippen molar-refractivity contribution >= 4 is 29.2 Å². The van der Waals surface area contributed by atoms with Crippen LogP contribution in [0.25, 0.3) is 16.8 Å². The molecule has 0 aliphatic rings. The molecule has 4 N–H and O–H groups in total. The van der Waals surface area contributed by atoms with Crippen molar-refractivity contribution in [2.45, 2.75) is 32.5 Å². The Hall–Kier alpha value is -4.69. The smallest absolute Gasteiger partial charge is 0.418 e. The van der Waals surface area contributed by atoms with Crippen LogP contribution < -0.4 is 21.1 Å². The average molecular weight is 518 g/mol. The number of nitrogens with two attached hydrogens (primary N) is 1. The van der Waals surface area contributed by atoms with E-state index < -0.39 is 34.6 Å². The molecule has 0 aliphatic heterocycles. The van der Waals surface area contributed by atoms with Crippen LogP contribution in [0, 0.1) is 0 Å². The van der Waals surface area contributed by atoms with Gasteiger partial charge in [-0.15, -0.1) is 0 Å². The number of carbonyl (C=O) groups excluding carboxylic acids is 2. The third-order valence-corrected chi connectivity index (χ3v) is 4.92. The number of nitrogens with one attached hydrogen (secondary N) is 2. The molecule has 37 heavy (non-hydrogen) atoms. The second-order valence-corrected chi connectivity index (χ2v) is 8.82. The standard InChI is InChI=1S/C22H21F3N8O4/c1-21(2,3)32-18(35)13-8-37-20(30-13)31-17(34)11-5-10(7-27-19(11)36-4)14-6-12(22(23,24)25)15-16(26)28-9-29-33(14)15/h5-9H,1-4H3,(H,32,35)(H2,26,28,29)(H,30,31,34). The first-order chi connectivity index (χ1) is 17.3. The first kappa shape index (κ1) is 25.4. The summed E-state index contributed by atoms with van der Waals surface area (Å²) in [5.74, 6) is -1.81. The summed E-state index contributed by atoms with van der Waals surface area (Å²) in [6.07, 6.45) is -1.45. The van der Waals surface area contributed by atoms with E-state index in [1.54, 1.807) is 20.8 Å². The lowest BCUT2D eigenvalue weighted by molar-refractivity contribution is -0.136.